The van der Waals surface area contributed by atoms with Crippen LogP contribution in [-0.4, -0.2) is 29.4 Å². The van der Waals surface area contributed by atoms with Crippen molar-refractivity contribution in [3.8, 4) is 11.5 Å². The average Bonchev–Trinajstić information content (AvgIpc) is 3.09. The summed E-state index contributed by atoms with van der Waals surface area (Å²) in [5, 5.41) is 10.1. The second-order valence-corrected chi connectivity index (χ2v) is 8.14. The number of phenols is 1. The number of ether oxygens (including phenoxy) is 2. The van der Waals surface area contributed by atoms with Crippen LogP contribution in [-0.2, 0) is 9.53 Å². The summed E-state index contributed by atoms with van der Waals surface area (Å²) in [5.74, 6) is 0.233. The van der Waals surface area contributed by atoms with Crippen molar-refractivity contribution in [2.24, 2.45) is 4.99 Å². The quantitative estimate of drug-likeness (QED) is 0.604. The number of benzene rings is 2. The summed E-state index contributed by atoms with van der Waals surface area (Å²) < 4.78 is 12.5. The van der Waals surface area contributed by atoms with E-state index in [0.717, 1.165) is 5.56 Å². The van der Waals surface area contributed by atoms with Crippen LogP contribution in [0.1, 0.15) is 31.0 Å². The molecule has 32 heavy (non-hydrogen) atoms. The molecular weight excluding hydrogens is 428 g/mol. The highest BCUT2D eigenvalue weighted by Gasteiger charge is 2.33. The molecule has 1 aliphatic heterocycles. The fraction of sp³-hybridized carbons (Fsp3) is 0.208. The number of carbonyl (C=O) groups is 1. The van der Waals surface area contributed by atoms with Gasteiger partial charge in [0.2, 0.25) is 0 Å². The van der Waals surface area contributed by atoms with Gasteiger partial charge in [0.1, 0.15) is 11.5 Å². The summed E-state index contributed by atoms with van der Waals surface area (Å²) >= 11 is 1.21. The number of nitrogens with zero attached hydrogens (tertiary/aromatic N) is 2. The molecule has 0 radical (unpaired) electrons. The number of methoxy groups -OCH3 is 1. The van der Waals surface area contributed by atoms with E-state index in [0.29, 0.717) is 31.9 Å². The van der Waals surface area contributed by atoms with Crippen LogP contribution in [0.15, 0.2) is 69.6 Å². The zero-order valence-corrected chi connectivity index (χ0v) is 18.7. The van der Waals surface area contributed by atoms with E-state index in [-0.39, 0.29) is 17.9 Å². The van der Waals surface area contributed by atoms with Gasteiger partial charge in [-0.15, -0.1) is 0 Å². The van der Waals surface area contributed by atoms with Crippen molar-refractivity contribution in [1.82, 2.24) is 4.57 Å². The normalized spacial score (nSPS) is 15.8. The van der Waals surface area contributed by atoms with Gasteiger partial charge in [0.05, 0.1) is 35.6 Å². The Morgan fingerprint density at radius 3 is 2.59 bits per heavy atom. The summed E-state index contributed by atoms with van der Waals surface area (Å²) in [7, 11) is 1.57. The first kappa shape index (κ1) is 21.6. The molecule has 7 nitrogen and oxygen atoms in total. The number of aromatic hydroxyl groups is 1. The van der Waals surface area contributed by atoms with Crippen LogP contribution in [0.25, 0.3) is 6.08 Å². The lowest BCUT2D eigenvalue weighted by Gasteiger charge is -2.24. The van der Waals surface area contributed by atoms with Gasteiger partial charge in [-0.3, -0.25) is 9.36 Å². The lowest BCUT2D eigenvalue weighted by Crippen LogP contribution is -2.39. The molecule has 3 aromatic rings. The number of thiazole rings is 1. The maximum Gasteiger partial charge on any atom is 0.338 e. The largest absolute Gasteiger partial charge is 0.507 e. The smallest absolute Gasteiger partial charge is 0.338 e. The van der Waals surface area contributed by atoms with Crippen LogP contribution in [0.3, 0.4) is 0 Å². The van der Waals surface area contributed by atoms with Gasteiger partial charge in [-0.05, 0) is 43.7 Å². The molecule has 1 aromatic heterocycles. The van der Waals surface area contributed by atoms with Crippen LogP contribution in [0.5, 0.6) is 11.5 Å². The molecule has 1 unspecified atom stereocenters. The molecule has 1 aliphatic rings. The van der Waals surface area contributed by atoms with E-state index in [4.69, 9.17) is 9.47 Å². The minimum atomic E-state index is -0.692. The van der Waals surface area contributed by atoms with E-state index < -0.39 is 12.0 Å². The fourth-order valence-corrected chi connectivity index (χ4v) is 4.68. The third-order valence-electron chi connectivity index (χ3n) is 5.17. The number of fused-ring (bicyclic) bond motifs is 1. The first-order valence-electron chi connectivity index (χ1n) is 10.1. The monoisotopic (exact) mass is 450 g/mol. The Morgan fingerprint density at radius 1 is 1.22 bits per heavy atom. The minimum absolute atomic E-state index is 0.0773. The van der Waals surface area contributed by atoms with E-state index in [1.807, 2.05) is 12.1 Å². The molecule has 2 aromatic carbocycles. The number of esters is 1. The third-order valence-corrected chi connectivity index (χ3v) is 6.15. The van der Waals surface area contributed by atoms with Crippen molar-refractivity contribution in [3.63, 3.8) is 0 Å². The lowest BCUT2D eigenvalue weighted by atomic mass is 9.96. The van der Waals surface area contributed by atoms with Gasteiger partial charge >= 0.3 is 5.97 Å². The van der Waals surface area contributed by atoms with Crippen LogP contribution in [0, 0.1) is 0 Å². The van der Waals surface area contributed by atoms with Crippen molar-refractivity contribution in [2.75, 3.05) is 13.7 Å². The molecule has 1 atom stereocenters. The van der Waals surface area contributed by atoms with E-state index >= 15 is 0 Å². The first-order chi connectivity index (χ1) is 15.4. The van der Waals surface area contributed by atoms with Crippen molar-refractivity contribution in [1.29, 1.82) is 0 Å². The second-order valence-electron chi connectivity index (χ2n) is 7.13. The van der Waals surface area contributed by atoms with E-state index in [1.54, 1.807) is 63.4 Å². The number of phenolic OH excluding ortho intramolecular Hbond substituents is 1. The van der Waals surface area contributed by atoms with Crippen LogP contribution < -0.4 is 19.6 Å². The van der Waals surface area contributed by atoms with E-state index in [1.165, 1.54) is 15.9 Å². The molecule has 0 saturated carbocycles. The fourth-order valence-electron chi connectivity index (χ4n) is 3.64. The third kappa shape index (κ3) is 3.85. The Hall–Kier alpha value is -3.65. The number of hydrogen-bond donors (Lipinski definition) is 1. The van der Waals surface area contributed by atoms with Crippen LogP contribution >= 0.6 is 11.3 Å². The SMILES string of the molecule is CCOC(=O)C1=C(C)N=c2sc(=Cc3ccccc3O)c(=O)n2C1c1ccc(OC)cc1. The number of allylic oxidation sites excluding steroid dienone is 1. The Bertz CT molecular complexity index is 1380. The Morgan fingerprint density at radius 2 is 1.94 bits per heavy atom. The molecule has 0 saturated heterocycles. The molecule has 4 rings (SSSR count). The zero-order valence-electron chi connectivity index (χ0n) is 17.9. The Labute approximate surface area is 188 Å². The number of carbonyl (C=O) groups excluding carboxylic acids is 1. The van der Waals surface area contributed by atoms with Gasteiger partial charge in [-0.2, -0.15) is 0 Å². The van der Waals surface area contributed by atoms with Gasteiger partial charge in [0.25, 0.3) is 5.56 Å². The number of para-hydroxylation sites is 1. The number of hydrogen-bond acceptors (Lipinski definition) is 7. The molecule has 0 fully saturated rings. The molecule has 164 valence electrons. The highest BCUT2D eigenvalue weighted by atomic mass is 32.1. The summed E-state index contributed by atoms with van der Waals surface area (Å²) in [6, 6.07) is 13.3. The van der Waals surface area contributed by atoms with Crippen molar-refractivity contribution < 1.29 is 19.4 Å². The van der Waals surface area contributed by atoms with E-state index in [9.17, 15) is 14.7 Å². The molecular formula is C24H22N2O5S. The maximum absolute atomic E-state index is 13.5. The van der Waals surface area contributed by atoms with Crippen LogP contribution in [0.2, 0.25) is 0 Å². The van der Waals surface area contributed by atoms with Gasteiger partial charge in [-0.1, -0.05) is 41.7 Å². The number of aromatic nitrogens is 1. The summed E-state index contributed by atoms with van der Waals surface area (Å²) in [6.07, 6.45) is 1.63. The van der Waals surface area contributed by atoms with Crippen molar-refractivity contribution >= 4 is 23.4 Å². The predicted molar refractivity (Wildman–Crippen MR) is 121 cm³/mol. The maximum atomic E-state index is 13.5. The highest BCUT2D eigenvalue weighted by molar-refractivity contribution is 7.07. The molecule has 0 bridgehead atoms. The summed E-state index contributed by atoms with van der Waals surface area (Å²) in [6.45, 7) is 3.68. The topological polar surface area (TPSA) is 90.1 Å². The summed E-state index contributed by atoms with van der Waals surface area (Å²) in [5.41, 5.74) is 1.78. The Kier molecular flexibility index (Phi) is 5.96. The molecule has 2 heterocycles. The van der Waals surface area contributed by atoms with Gasteiger partial charge < -0.3 is 14.6 Å². The van der Waals surface area contributed by atoms with Crippen LogP contribution in [0.4, 0.5) is 0 Å². The van der Waals surface area contributed by atoms with Crippen molar-refractivity contribution in [2.45, 2.75) is 19.9 Å². The summed E-state index contributed by atoms with van der Waals surface area (Å²) in [4.78, 5) is 31.3. The molecule has 0 amide bonds. The first-order valence-corrected chi connectivity index (χ1v) is 10.9. The molecule has 8 heteroatoms. The van der Waals surface area contributed by atoms with E-state index in [2.05, 4.69) is 4.99 Å². The van der Waals surface area contributed by atoms with Gasteiger partial charge in [-0.25, -0.2) is 9.79 Å². The second kappa shape index (κ2) is 8.84. The number of rotatable bonds is 5. The zero-order chi connectivity index (χ0) is 22.8. The van der Waals surface area contributed by atoms with Gasteiger partial charge in [0, 0.05) is 5.56 Å². The minimum Gasteiger partial charge on any atom is -0.507 e. The molecule has 1 N–H and O–H groups in total. The predicted octanol–water partition coefficient (Wildman–Crippen LogP) is 2.51. The van der Waals surface area contributed by atoms with Crippen molar-refractivity contribution in [3.05, 3.63) is 90.6 Å². The highest BCUT2D eigenvalue weighted by Crippen LogP contribution is 2.31. The average molecular weight is 451 g/mol. The standard InChI is InChI=1S/C24H22N2O5S/c1-4-31-23(29)20-14(2)25-24-26(21(20)15-9-11-17(30-3)12-10-15)22(28)19(32-24)13-16-7-5-6-8-18(16)27/h5-13,21,27H,4H2,1-3H3. The lowest BCUT2D eigenvalue weighted by molar-refractivity contribution is -0.139. The molecule has 0 spiro atoms. The molecule has 0 aliphatic carbocycles. The van der Waals surface area contributed by atoms with Gasteiger partial charge in [0.15, 0.2) is 4.80 Å². The Balaban J connectivity index is 1.96.